The van der Waals surface area contributed by atoms with Gasteiger partial charge in [-0.1, -0.05) is 78.5 Å². The van der Waals surface area contributed by atoms with Crippen LogP contribution in [-0.4, -0.2) is 33.0 Å². The molecule has 35 heavy (non-hydrogen) atoms. The van der Waals surface area contributed by atoms with Crippen molar-refractivity contribution < 1.29 is 9.53 Å². The summed E-state index contributed by atoms with van der Waals surface area (Å²) in [6.07, 6.45) is 1.80. The molecule has 1 aromatic heterocycles. The molecule has 0 saturated heterocycles. The summed E-state index contributed by atoms with van der Waals surface area (Å²) in [6, 6.07) is 27.4. The Bertz CT molecular complexity index is 1220. The lowest BCUT2D eigenvalue weighted by Gasteiger charge is -2.22. The van der Waals surface area contributed by atoms with E-state index >= 15 is 0 Å². The molecule has 0 bridgehead atoms. The Balaban J connectivity index is 1.54. The van der Waals surface area contributed by atoms with Crippen LogP contribution in [0.25, 0.3) is 11.4 Å². The number of benzene rings is 3. The Hall–Kier alpha value is -3.84. The average molecular weight is 485 g/mol. The summed E-state index contributed by atoms with van der Waals surface area (Å²) in [7, 11) is 1.64. The molecule has 0 fully saturated rings. The van der Waals surface area contributed by atoms with Crippen LogP contribution in [-0.2, 0) is 11.3 Å². The van der Waals surface area contributed by atoms with Crippen molar-refractivity contribution in [2.45, 2.75) is 29.9 Å². The molecule has 1 unspecified atom stereocenters. The van der Waals surface area contributed by atoms with Gasteiger partial charge >= 0.3 is 0 Å². The predicted molar refractivity (Wildman–Crippen MR) is 140 cm³/mol. The van der Waals surface area contributed by atoms with E-state index in [1.807, 2.05) is 96.4 Å². The average Bonchev–Trinajstić information content (AvgIpc) is 3.30. The summed E-state index contributed by atoms with van der Waals surface area (Å²) in [5.74, 6) is 1.41. The highest BCUT2D eigenvalue weighted by atomic mass is 32.2. The van der Waals surface area contributed by atoms with Gasteiger partial charge in [0.15, 0.2) is 11.0 Å². The van der Waals surface area contributed by atoms with Crippen LogP contribution in [0.4, 0.5) is 0 Å². The molecule has 6 nitrogen and oxygen atoms in total. The fraction of sp³-hybridized carbons (Fsp3) is 0.179. The molecule has 3 aromatic carbocycles. The van der Waals surface area contributed by atoms with Gasteiger partial charge in [-0.05, 0) is 42.3 Å². The van der Waals surface area contributed by atoms with Crippen LogP contribution in [0.3, 0.4) is 0 Å². The van der Waals surface area contributed by atoms with E-state index in [9.17, 15) is 4.79 Å². The van der Waals surface area contributed by atoms with E-state index in [0.29, 0.717) is 17.5 Å². The van der Waals surface area contributed by atoms with E-state index in [1.54, 1.807) is 13.2 Å². The summed E-state index contributed by atoms with van der Waals surface area (Å²) in [5.41, 5.74) is 2.97. The fourth-order valence-electron chi connectivity index (χ4n) is 3.74. The number of allylic oxidation sites excluding steroid dienone is 1. The first-order chi connectivity index (χ1) is 17.1. The molecule has 0 aliphatic carbocycles. The number of thioether (sulfide) groups is 1. The van der Waals surface area contributed by atoms with E-state index in [4.69, 9.17) is 4.74 Å². The van der Waals surface area contributed by atoms with Gasteiger partial charge in [-0.15, -0.1) is 16.8 Å². The highest BCUT2D eigenvalue weighted by Crippen LogP contribution is 2.29. The van der Waals surface area contributed by atoms with Crippen molar-refractivity contribution in [3.63, 3.8) is 0 Å². The molecule has 1 heterocycles. The molecule has 0 aliphatic heterocycles. The molecular formula is C28H28N4O2S. The Morgan fingerprint density at radius 1 is 1.00 bits per heavy atom. The van der Waals surface area contributed by atoms with Crippen LogP contribution in [0.15, 0.2) is 103 Å². The Kier molecular flexibility index (Phi) is 8.00. The Morgan fingerprint density at radius 2 is 1.60 bits per heavy atom. The van der Waals surface area contributed by atoms with E-state index in [0.717, 1.165) is 22.4 Å². The molecule has 178 valence electrons. The molecular weight excluding hydrogens is 456 g/mol. The number of amides is 1. The van der Waals surface area contributed by atoms with Crippen LogP contribution in [0.1, 0.15) is 24.1 Å². The van der Waals surface area contributed by atoms with Crippen molar-refractivity contribution in [1.29, 1.82) is 0 Å². The van der Waals surface area contributed by atoms with Crippen molar-refractivity contribution in [1.82, 2.24) is 20.1 Å². The van der Waals surface area contributed by atoms with Crippen LogP contribution in [0, 0.1) is 0 Å². The van der Waals surface area contributed by atoms with Crippen LogP contribution in [0.5, 0.6) is 5.75 Å². The van der Waals surface area contributed by atoms with Crippen LogP contribution < -0.4 is 10.1 Å². The van der Waals surface area contributed by atoms with Crippen molar-refractivity contribution >= 4 is 17.7 Å². The molecule has 7 heteroatoms. The lowest BCUT2D eigenvalue weighted by molar-refractivity contribution is -0.120. The number of ether oxygens (including phenoxy) is 1. The SMILES string of the molecule is C=CCn1c(SC(C)C(=O)NC(c2ccccc2)c2ccccc2)nnc1-c1ccc(OC)cc1. The van der Waals surface area contributed by atoms with Gasteiger partial charge in [-0.3, -0.25) is 9.36 Å². The molecule has 4 aromatic rings. The van der Waals surface area contributed by atoms with Crippen LogP contribution in [0.2, 0.25) is 0 Å². The number of carbonyl (C=O) groups excluding carboxylic acids is 1. The van der Waals surface area contributed by atoms with Crippen LogP contribution >= 0.6 is 11.8 Å². The smallest absolute Gasteiger partial charge is 0.234 e. The highest BCUT2D eigenvalue weighted by molar-refractivity contribution is 8.00. The third kappa shape index (κ3) is 5.81. The Morgan fingerprint density at radius 3 is 2.14 bits per heavy atom. The van der Waals surface area contributed by atoms with E-state index in [2.05, 4.69) is 22.1 Å². The van der Waals surface area contributed by atoms with E-state index in [-0.39, 0.29) is 17.2 Å². The third-order valence-electron chi connectivity index (χ3n) is 5.58. The zero-order valence-corrected chi connectivity index (χ0v) is 20.6. The number of rotatable bonds is 10. The maximum atomic E-state index is 13.3. The second-order valence-corrected chi connectivity index (χ2v) is 9.26. The summed E-state index contributed by atoms with van der Waals surface area (Å²) in [6.45, 7) is 6.29. The number of methoxy groups -OCH3 is 1. The second kappa shape index (κ2) is 11.5. The lowest BCUT2D eigenvalue weighted by Crippen LogP contribution is -2.35. The maximum Gasteiger partial charge on any atom is 0.234 e. The van der Waals surface area contributed by atoms with Gasteiger partial charge in [0, 0.05) is 12.1 Å². The fourth-order valence-corrected chi connectivity index (χ4v) is 4.61. The number of aromatic nitrogens is 3. The minimum Gasteiger partial charge on any atom is -0.497 e. The van der Waals surface area contributed by atoms with Crippen molar-refractivity contribution in [2.75, 3.05) is 7.11 Å². The molecule has 0 spiro atoms. The van der Waals surface area contributed by atoms with Gasteiger partial charge in [0.25, 0.3) is 0 Å². The summed E-state index contributed by atoms with van der Waals surface area (Å²) < 4.78 is 7.22. The minimum atomic E-state index is -0.388. The molecule has 0 saturated carbocycles. The van der Waals surface area contributed by atoms with Crippen molar-refractivity contribution in [2.24, 2.45) is 0 Å². The first-order valence-corrected chi connectivity index (χ1v) is 12.2. The third-order valence-corrected chi connectivity index (χ3v) is 6.66. The Labute approximate surface area is 210 Å². The van der Waals surface area contributed by atoms with Gasteiger partial charge < -0.3 is 10.1 Å². The summed E-state index contributed by atoms with van der Waals surface area (Å²) in [4.78, 5) is 13.3. The molecule has 0 aliphatic rings. The molecule has 1 amide bonds. The summed E-state index contributed by atoms with van der Waals surface area (Å²) in [5, 5.41) is 12.3. The monoisotopic (exact) mass is 484 g/mol. The maximum absolute atomic E-state index is 13.3. The highest BCUT2D eigenvalue weighted by Gasteiger charge is 2.24. The zero-order chi connectivity index (χ0) is 24.6. The minimum absolute atomic E-state index is 0.0770. The lowest BCUT2D eigenvalue weighted by atomic mass is 9.98. The van der Waals surface area contributed by atoms with E-state index in [1.165, 1.54) is 11.8 Å². The normalized spacial score (nSPS) is 11.7. The first-order valence-electron chi connectivity index (χ1n) is 11.4. The van der Waals surface area contributed by atoms with Gasteiger partial charge in [0.1, 0.15) is 5.75 Å². The van der Waals surface area contributed by atoms with Gasteiger partial charge in [0.05, 0.1) is 18.4 Å². The van der Waals surface area contributed by atoms with Crippen molar-refractivity contribution in [3.8, 4) is 17.1 Å². The van der Waals surface area contributed by atoms with Gasteiger partial charge in [-0.2, -0.15) is 0 Å². The number of carbonyl (C=O) groups is 1. The zero-order valence-electron chi connectivity index (χ0n) is 19.8. The largest absolute Gasteiger partial charge is 0.497 e. The molecule has 1 N–H and O–H groups in total. The standard InChI is InChI=1S/C28H28N4O2S/c1-4-19-32-26(23-15-17-24(34-3)18-16-23)30-31-28(32)35-20(2)27(33)29-25(21-11-7-5-8-12-21)22-13-9-6-10-14-22/h4-18,20,25H,1,19H2,2-3H3,(H,29,33). The topological polar surface area (TPSA) is 69.0 Å². The van der Waals surface area contributed by atoms with Gasteiger partial charge in [-0.25, -0.2) is 0 Å². The number of hydrogen-bond donors (Lipinski definition) is 1. The molecule has 1 atom stereocenters. The number of nitrogens with one attached hydrogen (secondary N) is 1. The molecule has 4 rings (SSSR count). The van der Waals surface area contributed by atoms with Crippen molar-refractivity contribution in [3.05, 3.63) is 109 Å². The summed E-state index contributed by atoms with van der Waals surface area (Å²) >= 11 is 1.38. The quantitative estimate of drug-likeness (QED) is 0.237. The van der Waals surface area contributed by atoms with E-state index < -0.39 is 0 Å². The predicted octanol–water partition coefficient (Wildman–Crippen LogP) is 5.53. The first kappa shape index (κ1) is 24.3. The van der Waals surface area contributed by atoms with Gasteiger partial charge in [0.2, 0.25) is 5.91 Å². The molecule has 0 radical (unpaired) electrons. The second-order valence-electron chi connectivity index (χ2n) is 7.96. The number of nitrogens with zero attached hydrogens (tertiary/aromatic N) is 3. The number of hydrogen-bond acceptors (Lipinski definition) is 5.